The molecule has 0 N–H and O–H groups in total. The highest BCUT2D eigenvalue weighted by atomic mass is 16.6. The summed E-state index contributed by atoms with van der Waals surface area (Å²) in [4.78, 5) is 65.5. The predicted molar refractivity (Wildman–Crippen MR) is 105 cm³/mol. The standard InChI is InChI=1S/C20H32N2O8/c1-11(2)9-12(14(17(25)28-7)18(26)29-8)15(23)22-13(10-21(6)19(22)27)16(24)30-20(3,4)5/h11-14H,9-10H2,1-8H3/t12-,13+/m1/s1. The molecule has 170 valence electrons. The van der Waals surface area contributed by atoms with Crippen molar-refractivity contribution in [1.82, 2.24) is 9.80 Å². The van der Waals surface area contributed by atoms with Crippen LogP contribution in [0.2, 0.25) is 0 Å². The van der Waals surface area contributed by atoms with Gasteiger partial charge in [-0.2, -0.15) is 0 Å². The van der Waals surface area contributed by atoms with Crippen LogP contribution in [0, 0.1) is 17.8 Å². The van der Waals surface area contributed by atoms with Gasteiger partial charge < -0.3 is 19.1 Å². The molecule has 0 aromatic heterocycles. The van der Waals surface area contributed by atoms with E-state index in [0.29, 0.717) is 0 Å². The zero-order valence-corrected chi connectivity index (χ0v) is 18.9. The predicted octanol–water partition coefficient (Wildman–Crippen LogP) is 1.22. The van der Waals surface area contributed by atoms with Crippen molar-refractivity contribution in [3.63, 3.8) is 0 Å². The minimum absolute atomic E-state index is 0.0605. The number of hydrogen-bond donors (Lipinski definition) is 0. The number of carbonyl (C=O) groups is 5. The number of imide groups is 1. The monoisotopic (exact) mass is 428 g/mol. The minimum Gasteiger partial charge on any atom is -0.468 e. The molecule has 0 unspecified atom stereocenters. The molecule has 0 aromatic rings. The molecule has 1 aliphatic rings. The quantitative estimate of drug-likeness (QED) is 0.337. The van der Waals surface area contributed by atoms with Gasteiger partial charge in [0.15, 0.2) is 12.0 Å². The van der Waals surface area contributed by atoms with Gasteiger partial charge in [0.05, 0.1) is 26.7 Å². The normalized spacial score (nSPS) is 17.9. The number of methoxy groups -OCH3 is 2. The fraction of sp³-hybridized carbons (Fsp3) is 0.750. The first-order valence-corrected chi connectivity index (χ1v) is 9.71. The lowest BCUT2D eigenvalue weighted by Crippen LogP contribution is -2.51. The topological polar surface area (TPSA) is 120 Å². The van der Waals surface area contributed by atoms with E-state index in [4.69, 9.17) is 14.2 Å². The summed E-state index contributed by atoms with van der Waals surface area (Å²) in [5.74, 6) is -6.38. The lowest BCUT2D eigenvalue weighted by molar-refractivity contribution is -0.167. The number of amides is 3. The van der Waals surface area contributed by atoms with Crippen molar-refractivity contribution in [3.05, 3.63) is 0 Å². The zero-order valence-electron chi connectivity index (χ0n) is 18.9. The summed E-state index contributed by atoms with van der Waals surface area (Å²) in [6.45, 7) is 8.55. The molecule has 1 fully saturated rings. The third kappa shape index (κ3) is 5.93. The van der Waals surface area contributed by atoms with Gasteiger partial charge in [0, 0.05) is 7.05 Å². The maximum absolute atomic E-state index is 13.5. The van der Waals surface area contributed by atoms with Crippen LogP contribution in [0.3, 0.4) is 0 Å². The van der Waals surface area contributed by atoms with Crippen LogP contribution in [0.1, 0.15) is 41.0 Å². The van der Waals surface area contributed by atoms with E-state index in [2.05, 4.69) is 0 Å². The van der Waals surface area contributed by atoms with Gasteiger partial charge in [-0.15, -0.1) is 0 Å². The minimum atomic E-state index is -1.56. The molecular formula is C20H32N2O8. The highest BCUT2D eigenvalue weighted by Gasteiger charge is 2.51. The Bertz CT molecular complexity index is 681. The number of hydrogen-bond acceptors (Lipinski definition) is 8. The largest absolute Gasteiger partial charge is 0.468 e. The van der Waals surface area contributed by atoms with E-state index in [1.165, 1.54) is 11.9 Å². The molecule has 0 bridgehead atoms. The third-order valence-electron chi connectivity index (χ3n) is 4.56. The number of esters is 3. The van der Waals surface area contributed by atoms with Gasteiger partial charge in [0.1, 0.15) is 5.60 Å². The van der Waals surface area contributed by atoms with Gasteiger partial charge >= 0.3 is 23.9 Å². The van der Waals surface area contributed by atoms with Gasteiger partial charge in [-0.1, -0.05) is 13.8 Å². The van der Waals surface area contributed by atoms with Gasteiger partial charge in [0.25, 0.3) is 0 Å². The molecule has 0 radical (unpaired) electrons. The smallest absolute Gasteiger partial charge is 0.331 e. The number of nitrogens with zero attached hydrogens (tertiary/aromatic N) is 2. The second kappa shape index (κ2) is 9.90. The molecule has 1 saturated heterocycles. The van der Waals surface area contributed by atoms with Crippen LogP contribution in [0.15, 0.2) is 0 Å². The molecule has 2 atom stereocenters. The number of carbonyl (C=O) groups excluding carboxylic acids is 5. The molecule has 1 rings (SSSR count). The van der Waals surface area contributed by atoms with Crippen molar-refractivity contribution in [2.75, 3.05) is 27.8 Å². The number of ether oxygens (including phenoxy) is 3. The number of urea groups is 1. The molecule has 0 saturated carbocycles. The fourth-order valence-corrected chi connectivity index (χ4v) is 3.28. The Morgan fingerprint density at radius 3 is 1.97 bits per heavy atom. The first kappa shape index (κ1) is 25.4. The molecule has 0 spiro atoms. The van der Waals surface area contributed by atoms with E-state index in [1.807, 2.05) is 0 Å². The van der Waals surface area contributed by atoms with Crippen LogP contribution >= 0.6 is 0 Å². The van der Waals surface area contributed by atoms with E-state index in [1.54, 1.807) is 34.6 Å². The lowest BCUT2D eigenvalue weighted by atomic mass is 9.84. The van der Waals surface area contributed by atoms with Crippen molar-refractivity contribution in [2.45, 2.75) is 52.7 Å². The van der Waals surface area contributed by atoms with Gasteiger partial charge in [-0.25, -0.2) is 14.5 Å². The van der Waals surface area contributed by atoms with Crippen LogP contribution in [-0.4, -0.2) is 79.1 Å². The second-order valence-corrected chi connectivity index (χ2v) is 8.68. The average Bonchev–Trinajstić information content (AvgIpc) is 2.93. The average molecular weight is 428 g/mol. The molecule has 10 heteroatoms. The molecular weight excluding hydrogens is 396 g/mol. The van der Waals surface area contributed by atoms with Gasteiger partial charge in [-0.3, -0.25) is 14.4 Å². The Kier molecular flexibility index (Phi) is 8.38. The molecule has 3 amide bonds. The van der Waals surface area contributed by atoms with Crippen molar-refractivity contribution in [3.8, 4) is 0 Å². The molecule has 1 heterocycles. The van der Waals surface area contributed by atoms with E-state index >= 15 is 0 Å². The summed E-state index contributed by atoms with van der Waals surface area (Å²) in [7, 11) is 3.63. The fourth-order valence-electron chi connectivity index (χ4n) is 3.28. The summed E-state index contributed by atoms with van der Waals surface area (Å²) in [6, 6.07) is -1.90. The van der Waals surface area contributed by atoms with Crippen LogP contribution in [0.5, 0.6) is 0 Å². The highest BCUT2D eigenvalue weighted by Crippen LogP contribution is 2.29. The molecule has 0 aromatic carbocycles. The van der Waals surface area contributed by atoms with Crippen LogP contribution < -0.4 is 0 Å². The maximum atomic E-state index is 13.5. The van der Waals surface area contributed by atoms with Gasteiger partial charge in [-0.05, 0) is 33.1 Å². The number of rotatable bonds is 7. The van der Waals surface area contributed by atoms with Crippen LogP contribution in [0.4, 0.5) is 4.79 Å². The summed E-state index contributed by atoms with van der Waals surface area (Å²) < 4.78 is 14.8. The molecule has 10 nitrogen and oxygen atoms in total. The molecule has 30 heavy (non-hydrogen) atoms. The van der Waals surface area contributed by atoms with E-state index in [9.17, 15) is 24.0 Å². The van der Waals surface area contributed by atoms with E-state index in [-0.39, 0.29) is 18.9 Å². The molecule has 0 aliphatic carbocycles. The van der Waals surface area contributed by atoms with Crippen LogP contribution in [-0.2, 0) is 33.4 Å². The van der Waals surface area contributed by atoms with Crippen molar-refractivity contribution in [2.24, 2.45) is 17.8 Å². The summed E-state index contributed by atoms with van der Waals surface area (Å²) in [6.07, 6.45) is 0.0994. The molecule has 1 aliphatic heterocycles. The first-order valence-electron chi connectivity index (χ1n) is 9.71. The first-order chi connectivity index (χ1) is 13.7. The SMILES string of the molecule is COC(=O)C(C(=O)OC)[C@@H](CC(C)C)C(=O)N1C(=O)N(C)C[C@H]1C(=O)OC(C)(C)C. The Morgan fingerprint density at radius 2 is 1.57 bits per heavy atom. The number of likely N-dealkylation sites (N-methyl/N-ethyl adjacent to an activating group) is 1. The van der Waals surface area contributed by atoms with Crippen molar-refractivity contribution in [1.29, 1.82) is 0 Å². The summed E-state index contributed by atoms with van der Waals surface area (Å²) >= 11 is 0. The maximum Gasteiger partial charge on any atom is 0.331 e. The third-order valence-corrected chi connectivity index (χ3v) is 4.56. The zero-order chi connectivity index (χ0) is 23.4. The summed E-state index contributed by atoms with van der Waals surface area (Å²) in [5.41, 5.74) is -0.825. The van der Waals surface area contributed by atoms with E-state index < -0.39 is 53.3 Å². The Labute approximate surface area is 176 Å². The van der Waals surface area contributed by atoms with E-state index in [0.717, 1.165) is 19.1 Å². The summed E-state index contributed by atoms with van der Waals surface area (Å²) in [5, 5.41) is 0. The second-order valence-electron chi connectivity index (χ2n) is 8.68. The van der Waals surface area contributed by atoms with Crippen LogP contribution in [0.25, 0.3) is 0 Å². The van der Waals surface area contributed by atoms with Crippen molar-refractivity contribution >= 4 is 29.8 Å². The van der Waals surface area contributed by atoms with Gasteiger partial charge in [0.2, 0.25) is 5.91 Å². The van der Waals surface area contributed by atoms with Crippen molar-refractivity contribution < 1.29 is 38.2 Å². The Morgan fingerprint density at radius 1 is 1.07 bits per heavy atom. The Balaban J connectivity index is 3.39. The lowest BCUT2D eigenvalue weighted by Gasteiger charge is -2.30. The highest BCUT2D eigenvalue weighted by molar-refractivity contribution is 6.06. The Hall–Kier alpha value is -2.65.